The summed E-state index contributed by atoms with van der Waals surface area (Å²) < 4.78 is 24.8. The van der Waals surface area contributed by atoms with Crippen LogP contribution in [-0.2, 0) is 0 Å². The van der Waals surface area contributed by atoms with E-state index < -0.39 is 28.6 Å². The molecule has 0 fully saturated rings. The summed E-state index contributed by atoms with van der Waals surface area (Å²) in [6, 6.07) is 0.968. The molecular formula is C7H6ClF2N3O. The van der Waals surface area contributed by atoms with Gasteiger partial charge >= 0.3 is 0 Å². The van der Waals surface area contributed by atoms with Crippen LogP contribution in [0.2, 0.25) is 5.15 Å². The molecule has 0 aliphatic heterocycles. The summed E-state index contributed by atoms with van der Waals surface area (Å²) in [6.45, 7) is 0. The molecule has 0 aliphatic carbocycles. The van der Waals surface area contributed by atoms with Crippen LogP contribution in [0.1, 0.15) is 22.3 Å². The number of pyridine rings is 1. The molecule has 0 spiro atoms. The molecule has 4 N–H and O–H groups in total. The molecule has 0 unspecified atom stereocenters. The lowest BCUT2D eigenvalue weighted by Gasteiger charge is -2.07. The largest absolute Gasteiger partial charge is 0.384 e. The second-order valence-corrected chi connectivity index (χ2v) is 2.82. The minimum absolute atomic E-state index is 0.131. The first-order valence-corrected chi connectivity index (χ1v) is 3.85. The van der Waals surface area contributed by atoms with Gasteiger partial charge in [-0.15, -0.1) is 0 Å². The molecule has 1 amide bonds. The molecule has 4 nitrogen and oxygen atoms in total. The fraction of sp³-hybridized carbons (Fsp3) is 0.143. The lowest BCUT2D eigenvalue weighted by molar-refractivity contribution is 0.0986. The van der Waals surface area contributed by atoms with Gasteiger partial charge in [0.1, 0.15) is 11.0 Å². The first-order chi connectivity index (χ1) is 6.43. The highest BCUT2D eigenvalue weighted by Crippen LogP contribution is 2.29. The van der Waals surface area contributed by atoms with Gasteiger partial charge in [-0.1, -0.05) is 11.6 Å². The van der Waals surface area contributed by atoms with Gasteiger partial charge < -0.3 is 11.5 Å². The van der Waals surface area contributed by atoms with E-state index in [1.165, 1.54) is 0 Å². The highest BCUT2D eigenvalue weighted by Gasteiger charge is 2.21. The normalized spacial score (nSPS) is 10.6. The molecule has 1 rings (SSSR count). The summed E-state index contributed by atoms with van der Waals surface area (Å²) >= 11 is 5.39. The van der Waals surface area contributed by atoms with Gasteiger partial charge in [0, 0.05) is 0 Å². The maximum absolute atomic E-state index is 12.4. The zero-order valence-electron chi connectivity index (χ0n) is 6.80. The maximum atomic E-state index is 12.4. The van der Waals surface area contributed by atoms with Crippen molar-refractivity contribution in [3.05, 3.63) is 22.3 Å². The number of hydrogen-bond donors (Lipinski definition) is 2. The Bertz CT molecular complexity index is 383. The quantitative estimate of drug-likeness (QED) is 0.740. The topological polar surface area (TPSA) is 82.0 Å². The summed E-state index contributed by atoms with van der Waals surface area (Å²) in [5.74, 6) is -1.15. The van der Waals surface area contributed by atoms with Crippen LogP contribution in [0.4, 0.5) is 14.6 Å². The fourth-order valence-corrected chi connectivity index (χ4v) is 1.24. The van der Waals surface area contributed by atoms with Crippen molar-refractivity contribution in [3.63, 3.8) is 0 Å². The van der Waals surface area contributed by atoms with E-state index in [0.29, 0.717) is 0 Å². The van der Waals surface area contributed by atoms with Crippen molar-refractivity contribution in [3.8, 4) is 0 Å². The zero-order chi connectivity index (χ0) is 10.9. The van der Waals surface area contributed by atoms with Crippen molar-refractivity contribution >= 4 is 23.3 Å². The fourth-order valence-electron chi connectivity index (χ4n) is 0.954. The SMILES string of the molecule is NC(=O)c1cc(N)nc(Cl)c1C(F)F. The number of carbonyl (C=O) groups is 1. The molecule has 0 saturated heterocycles. The predicted molar refractivity (Wildman–Crippen MR) is 47.1 cm³/mol. The number of primary amides is 1. The van der Waals surface area contributed by atoms with Crippen molar-refractivity contribution in [1.82, 2.24) is 4.98 Å². The third-order valence-electron chi connectivity index (χ3n) is 1.52. The van der Waals surface area contributed by atoms with Crippen LogP contribution in [0, 0.1) is 0 Å². The summed E-state index contributed by atoms with van der Waals surface area (Å²) in [5, 5.41) is -0.506. The Morgan fingerprint density at radius 3 is 2.57 bits per heavy atom. The Labute approximate surface area is 82.9 Å². The number of carbonyl (C=O) groups excluding carboxylic acids is 1. The number of nitrogen functional groups attached to an aromatic ring is 1. The Kier molecular flexibility index (Phi) is 2.85. The van der Waals surface area contributed by atoms with E-state index in [-0.39, 0.29) is 5.82 Å². The standard InChI is InChI=1S/C7H6ClF2N3O/c8-5-4(6(9)10)2(7(12)14)1-3(11)13-5/h1,6H,(H2,11,13)(H2,12,14). The molecule has 7 heteroatoms. The van der Waals surface area contributed by atoms with Crippen LogP contribution in [-0.4, -0.2) is 10.9 Å². The maximum Gasteiger partial charge on any atom is 0.267 e. The number of hydrogen-bond acceptors (Lipinski definition) is 3. The van der Waals surface area contributed by atoms with Gasteiger partial charge in [0.05, 0.1) is 11.1 Å². The van der Waals surface area contributed by atoms with Crippen molar-refractivity contribution in [1.29, 1.82) is 0 Å². The summed E-state index contributed by atoms with van der Waals surface area (Å²) in [4.78, 5) is 14.2. The van der Waals surface area contributed by atoms with Crippen LogP contribution in [0.5, 0.6) is 0 Å². The summed E-state index contributed by atoms with van der Waals surface area (Å²) in [6.07, 6.45) is -2.92. The average molecular weight is 222 g/mol. The van der Waals surface area contributed by atoms with Crippen LogP contribution in [0.25, 0.3) is 0 Å². The zero-order valence-corrected chi connectivity index (χ0v) is 7.55. The van der Waals surface area contributed by atoms with E-state index >= 15 is 0 Å². The summed E-state index contributed by atoms with van der Waals surface area (Å²) in [7, 11) is 0. The Morgan fingerprint density at radius 2 is 2.14 bits per heavy atom. The Hall–Kier alpha value is -1.43. The van der Waals surface area contributed by atoms with E-state index in [9.17, 15) is 13.6 Å². The molecule has 0 atom stereocenters. The van der Waals surface area contributed by atoms with Crippen molar-refractivity contribution in [2.75, 3.05) is 5.73 Å². The van der Waals surface area contributed by atoms with Crippen molar-refractivity contribution < 1.29 is 13.6 Å². The first kappa shape index (κ1) is 10.6. The van der Waals surface area contributed by atoms with Gasteiger partial charge in [-0.3, -0.25) is 4.79 Å². The molecule has 1 heterocycles. The van der Waals surface area contributed by atoms with Gasteiger partial charge in [-0.25, -0.2) is 13.8 Å². The van der Waals surface area contributed by atoms with E-state index in [2.05, 4.69) is 4.98 Å². The summed E-state index contributed by atoms with van der Waals surface area (Å²) in [5.41, 5.74) is 9.00. The second-order valence-electron chi connectivity index (χ2n) is 2.46. The highest BCUT2D eigenvalue weighted by molar-refractivity contribution is 6.30. The number of alkyl halides is 2. The monoisotopic (exact) mass is 221 g/mol. The van der Waals surface area contributed by atoms with E-state index in [1.54, 1.807) is 0 Å². The van der Waals surface area contributed by atoms with Crippen molar-refractivity contribution in [2.45, 2.75) is 6.43 Å². The number of rotatable bonds is 2. The highest BCUT2D eigenvalue weighted by atomic mass is 35.5. The minimum Gasteiger partial charge on any atom is -0.384 e. The second kappa shape index (κ2) is 3.75. The van der Waals surface area contributed by atoms with Crippen LogP contribution < -0.4 is 11.5 Å². The predicted octanol–water partition coefficient (Wildman–Crippen LogP) is 1.35. The molecule has 0 saturated carbocycles. The Morgan fingerprint density at radius 1 is 1.57 bits per heavy atom. The number of nitrogens with two attached hydrogens (primary N) is 2. The van der Waals surface area contributed by atoms with Gasteiger partial charge in [-0.05, 0) is 6.07 Å². The molecule has 1 aromatic rings. The molecular weight excluding hydrogens is 216 g/mol. The van der Waals surface area contributed by atoms with E-state index in [1.807, 2.05) is 0 Å². The van der Waals surface area contributed by atoms with E-state index in [0.717, 1.165) is 6.07 Å². The lowest BCUT2D eigenvalue weighted by Crippen LogP contribution is -2.15. The molecule has 0 aromatic carbocycles. The average Bonchev–Trinajstić information content (AvgIpc) is 2.01. The van der Waals surface area contributed by atoms with Gasteiger partial charge in [0.2, 0.25) is 5.91 Å². The van der Waals surface area contributed by atoms with Gasteiger partial charge in [0.15, 0.2) is 0 Å². The number of amides is 1. The van der Waals surface area contributed by atoms with Gasteiger partial charge in [-0.2, -0.15) is 0 Å². The third kappa shape index (κ3) is 1.90. The van der Waals surface area contributed by atoms with E-state index in [4.69, 9.17) is 23.1 Å². The number of aromatic nitrogens is 1. The molecule has 0 bridgehead atoms. The molecule has 0 radical (unpaired) electrons. The molecule has 0 aliphatic rings. The molecule has 14 heavy (non-hydrogen) atoms. The number of halogens is 3. The smallest absolute Gasteiger partial charge is 0.267 e. The number of anilines is 1. The minimum atomic E-state index is -2.92. The van der Waals surface area contributed by atoms with Crippen LogP contribution >= 0.6 is 11.6 Å². The number of nitrogens with zero attached hydrogens (tertiary/aromatic N) is 1. The molecule has 76 valence electrons. The molecule has 1 aromatic heterocycles. The van der Waals surface area contributed by atoms with Crippen LogP contribution in [0.15, 0.2) is 6.07 Å². The third-order valence-corrected chi connectivity index (χ3v) is 1.80. The Balaban J connectivity index is 3.44. The first-order valence-electron chi connectivity index (χ1n) is 3.47. The van der Waals surface area contributed by atoms with Crippen molar-refractivity contribution in [2.24, 2.45) is 5.73 Å². The van der Waals surface area contributed by atoms with Gasteiger partial charge in [0.25, 0.3) is 6.43 Å². The van der Waals surface area contributed by atoms with Crippen LogP contribution in [0.3, 0.4) is 0 Å². The lowest BCUT2D eigenvalue weighted by atomic mass is 10.1.